The van der Waals surface area contributed by atoms with Crippen molar-refractivity contribution in [3.05, 3.63) is 94.2 Å². The van der Waals surface area contributed by atoms with Crippen LogP contribution in [0.2, 0.25) is 0 Å². The van der Waals surface area contributed by atoms with Crippen molar-refractivity contribution in [1.29, 1.82) is 0 Å². The smallest absolute Gasteiger partial charge is 0.267 e. The van der Waals surface area contributed by atoms with Crippen LogP contribution in [-0.4, -0.2) is 10.5 Å². The van der Waals surface area contributed by atoms with Gasteiger partial charge in [0.1, 0.15) is 10.7 Å². The largest absolute Gasteiger partial charge is 0.322 e. The van der Waals surface area contributed by atoms with Gasteiger partial charge in [0.05, 0.1) is 5.69 Å². The third-order valence-corrected chi connectivity index (χ3v) is 5.59. The number of halogens is 1. The van der Waals surface area contributed by atoms with Gasteiger partial charge >= 0.3 is 0 Å². The summed E-state index contributed by atoms with van der Waals surface area (Å²) in [5.74, 6) is -0.441. The van der Waals surface area contributed by atoms with Crippen LogP contribution in [0.5, 0.6) is 0 Å². The minimum Gasteiger partial charge on any atom is -0.322 e. The Morgan fingerprint density at radius 2 is 1.75 bits per heavy atom. The number of hydrogen-bond acceptors (Lipinski definition) is 2. The Morgan fingerprint density at radius 1 is 1.04 bits per heavy atom. The van der Waals surface area contributed by atoms with E-state index in [0.29, 0.717) is 4.88 Å². The summed E-state index contributed by atoms with van der Waals surface area (Å²) >= 11 is 1.38. The highest BCUT2D eigenvalue weighted by Crippen LogP contribution is 2.35. The number of nitrogens with zero attached hydrogens (tertiary/aromatic N) is 1. The third kappa shape index (κ3) is 3.49. The van der Waals surface area contributed by atoms with E-state index in [1.165, 1.54) is 23.5 Å². The second-order valence-corrected chi connectivity index (χ2v) is 7.58. The second kappa shape index (κ2) is 7.44. The van der Waals surface area contributed by atoms with E-state index in [0.717, 1.165) is 33.6 Å². The Labute approximate surface area is 167 Å². The van der Waals surface area contributed by atoms with Crippen LogP contribution in [0.1, 0.15) is 20.8 Å². The Hall–Kier alpha value is -3.18. The van der Waals surface area contributed by atoms with Crippen LogP contribution in [-0.2, 0) is 0 Å². The van der Waals surface area contributed by atoms with Gasteiger partial charge in [0.25, 0.3) is 5.91 Å². The number of anilines is 1. The van der Waals surface area contributed by atoms with Crippen LogP contribution in [0.3, 0.4) is 0 Å². The fourth-order valence-corrected chi connectivity index (χ4v) is 4.19. The van der Waals surface area contributed by atoms with Crippen molar-refractivity contribution in [3.63, 3.8) is 0 Å². The molecule has 28 heavy (non-hydrogen) atoms. The van der Waals surface area contributed by atoms with E-state index in [1.807, 2.05) is 66.5 Å². The lowest BCUT2D eigenvalue weighted by Gasteiger charge is -2.12. The molecule has 4 aromatic rings. The van der Waals surface area contributed by atoms with Crippen LogP contribution < -0.4 is 5.32 Å². The zero-order valence-corrected chi connectivity index (χ0v) is 16.4. The van der Waals surface area contributed by atoms with Crippen molar-refractivity contribution < 1.29 is 9.18 Å². The van der Waals surface area contributed by atoms with Gasteiger partial charge in [-0.1, -0.05) is 29.8 Å². The fraction of sp³-hybridized carbons (Fsp3) is 0.0870. The minimum atomic E-state index is -0.283. The molecule has 0 spiro atoms. The summed E-state index contributed by atoms with van der Waals surface area (Å²) in [6.45, 7) is 4.00. The molecule has 4 rings (SSSR count). The SMILES string of the molecule is Cc1ccc(NC(=O)c2scc(-c3ccc(F)cc3)c2-n2cccc2)c(C)c1. The molecule has 5 heteroatoms. The predicted octanol–water partition coefficient (Wildman–Crippen LogP) is 6.21. The number of carbonyl (C=O) groups is 1. The number of aromatic nitrogens is 1. The van der Waals surface area contributed by atoms with Gasteiger partial charge in [0, 0.05) is 29.0 Å². The van der Waals surface area contributed by atoms with Crippen molar-refractivity contribution in [2.24, 2.45) is 0 Å². The predicted molar refractivity (Wildman–Crippen MR) is 113 cm³/mol. The van der Waals surface area contributed by atoms with Crippen molar-refractivity contribution in [1.82, 2.24) is 4.57 Å². The van der Waals surface area contributed by atoms with Crippen LogP contribution in [0, 0.1) is 19.7 Å². The summed E-state index contributed by atoms with van der Waals surface area (Å²) in [6.07, 6.45) is 3.81. The second-order valence-electron chi connectivity index (χ2n) is 6.70. The monoisotopic (exact) mass is 390 g/mol. The first-order valence-electron chi connectivity index (χ1n) is 8.92. The molecular formula is C23H19FN2OS. The zero-order chi connectivity index (χ0) is 19.7. The van der Waals surface area contributed by atoms with Gasteiger partial charge in [-0.3, -0.25) is 4.79 Å². The molecule has 0 radical (unpaired) electrons. The number of nitrogens with one attached hydrogen (secondary N) is 1. The number of amides is 1. The first kappa shape index (κ1) is 18.2. The Bertz CT molecular complexity index is 1130. The molecule has 3 nitrogen and oxygen atoms in total. The minimum absolute atomic E-state index is 0.158. The van der Waals surface area contributed by atoms with Gasteiger partial charge in [0.15, 0.2) is 0 Å². The maximum atomic E-state index is 13.4. The average Bonchev–Trinajstić information content (AvgIpc) is 3.33. The van der Waals surface area contributed by atoms with Gasteiger partial charge in [-0.25, -0.2) is 4.39 Å². The highest BCUT2D eigenvalue weighted by Gasteiger charge is 2.21. The topological polar surface area (TPSA) is 34.0 Å². The lowest BCUT2D eigenvalue weighted by Crippen LogP contribution is -2.13. The third-order valence-electron chi connectivity index (χ3n) is 4.62. The van der Waals surface area contributed by atoms with Crippen molar-refractivity contribution in [3.8, 4) is 16.8 Å². The summed E-state index contributed by atoms with van der Waals surface area (Å²) in [7, 11) is 0. The Balaban J connectivity index is 1.76. The van der Waals surface area contributed by atoms with Crippen molar-refractivity contribution in [2.75, 3.05) is 5.32 Å². The van der Waals surface area contributed by atoms with E-state index >= 15 is 0 Å². The van der Waals surface area contributed by atoms with E-state index in [-0.39, 0.29) is 11.7 Å². The van der Waals surface area contributed by atoms with Crippen LogP contribution in [0.25, 0.3) is 16.8 Å². The summed E-state index contributed by atoms with van der Waals surface area (Å²) in [4.78, 5) is 13.7. The normalized spacial score (nSPS) is 10.8. The number of carbonyl (C=O) groups excluding carboxylic acids is 1. The zero-order valence-electron chi connectivity index (χ0n) is 15.6. The molecule has 0 atom stereocenters. The first-order valence-corrected chi connectivity index (χ1v) is 9.80. The standard InChI is InChI=1S/C23H19FN2OS/c1-15-5-10-20(16(2)13-15)25-23(27)22-21(26-11-3-4-12-26)19(14-28-22)17-6-8-18(24)9-7-17/h3-14H,1-2H3,(H,25,27). The average molecular weight is 390 g/mol. The van der Waals surface area contributed by atoms with Crippen LogP contribution in [0.15, 0.2) is 72.4 Å². The van der Waals surface area contributed by atoms with Gasteiger partial charge in [0.2, 0.25) is 0 Å². The molecule has 0 aliphatic carbocycles. The summed E-state index contributed by atoms with van der Waals surface area (Å²) < 4.78 is 15.3. The molecule has 0 saturated heterocycles. The number of aryl methyl sites for hydroxylation is 2. The van der Waals surface area contributed by atoms with E-state index in [4.69, 9.17) is 0 Å². The number of benzene rings is 2. The Morgan fingerprint density at radius 3 is 2.43 bits per heavy atom. The van der Waals surface area contributed by atoms with Crippen molar-refractivity contribution >= 4 is 22.9 Å². The summed E-state index contributed by atoms with van der Waals surface area (Å²) in [6, 6.07) is 16.1. The molecule has 1 amide bonds. The molecule has 0 aliphatic heterocycles. The summed E-state index contributed by atoms with van der Waals surface area (Å²) in [5.41, 5.74) is 5.53. The van der Waals surface area contributed by atoms with E-state index in [1.54, 1.807) is 12.1 Å². The lowest BCUT2D eigenvalue weighted by molar-refractivity contribution is 0.103. The lowest BCUT2D eigenvalue weighted by atomic mass is 10.1. The van der Waals surface area contributed by atoms with E-state index < -0.39 is 0 Å². The number of hydrogen-bond donors (Lipinski definition) is 1. The van der Waals surface area contributed by atoms with Gasteiger partial charge < -0.3 is 9.88 Å². The Kier molecular flexibility index (Phi) is 4.84. The van der Waals surface area contributed by atoms with E-state index in [2.05, 4.69) is 5.32 Å². The fourth-order valence-electron chi connectivity index (χ4n) is 3.22. The molecule has 2 aromatic carbocycles. The number of thiophene rings is 1. The molecule has 0 saturated carbocycles. The molecule has 140 valence electrons. The summed E-state index contributed by atoms with van der Waals surface area (Å²) in [5, 5.41) is 4.97. The quantitative estimate of drug-likeness (QED) is 0.441. The van der Waals surface area contributed by atoms with Gasteiger partial charge in [-0.15, -0.1) is 11.3 Å². The van der Waals surface area contributed by atoms with Crippen LogP contribution in [0.4, 0.5) is 10.1 Å². The molecule has 2 heterocycles. The van der Waals surface area contributed by atoms with E-state index in [9.17, 15) is 9.18 Å². The maximum Gasteiger partial charge on any atom is 0.267 e. The molecule has 0 aliphatic rings. The molecule has 0 bridgehead atoms. The first-order chi connectivity index (χ1) is 13.5. The molecule has 0 fully saturated rings. The highest BCUT2D eigenvalue weighted by atomic mass is 32.1. The number of rotatable bonds is 4. The van der Waals surface area contributed by atoms with Crippen LogP contribution >= 0.6 is 11.3 Å². The highest BCUT2D eigenvalue weighted by molar-refractivity contribution is 7.13. The molecule has 1 N–H and O–H groups in total. The molecule has 0 unspecified atom stereocenters. The molecule has 2 aromatic heterocycles. The maximum absolute atomic E-state index is 13.4. The molecular weight excluding hydrogens is 371 g/mol. The van der Waals surface area contributed by atoms with Crippen molar-refractivity contribution in [2.45, 2.75) is 13.8 Å². The van der Waals surface area contributed by atoms with Gasteiger partial charge in [-0.05, 0) is 55.3 Å². The van der Waals surface area contributed by atoms with Gasteiger partial charge in [-0.2, -0.15) is 0 Å².